The van der Waals surface area contributed by atoms with Gasteiger partial charge in [0.05, 0.1) is 13.7 Å². The van der Waals surface area contributed by atoms with Gasteiger partial charge in [-0.15, -0.1) is 0 Å². The van der Waals surface area contributed by atoms with E-state index in [4.69, 9.17) is 9.47 Å². The van der Waals surface area contributed by atoms with Gasteiger partial charge in [-0.1, -0.05) is 24.3 Å². The van der Waals surface area contributed by atoms with Crippen LogP contribution in [0.15, 0.2) is 48.5 Å². The van der Waals surface area contributed by atoms with Crippen molar-refractivity contribution in [2.45, 2.75) is 12.2 Å². The Kier molecular flexibility index (Phi) is 5.03. The summed E-state index contributed by atoms with van der Waals surface area (Å²) in [5.41, 5.74) is 0.543. The van der Waals surface area contributed by atoms with Gasteiger partial charge in [0.15, 0.2) is 17.6 Å². The molecular weight excluding hydrogens is 272 g/mol. The fourth-order valence-corrected chi connectivity index (χ4v) is 1.97. The molecule has 112 valence electrons. The fraction of sp³-hybridized carbons (Fsp3) is 0.250. The van der Waals surface area contributed by atoms with Crippen LogP contribution < -0.4 is 9.47 Å². The average molecular weight is 290 g/mol. The number of hydrogen-bond donors (Lipinski definition) is 3. The average Bonchev–Trinajstić information content (AvgIpc) is 2.53. The summed E-state index contributed by atoms with van der Waals surface area (Å²) >= 11 is 0. The first-order valence-corrected chi connectivity index (χ1v) is 6.53. The molecule has 0 fully saturated rings. The smallest absolute Gasteiger partial charge is 0.161 e. The van der Waals surface area contributed by atoms with Gasteiger partial charge in [-0.2, -0.15) is 0 Å². The first-order chi connectivity index (χ1) is 10.2. The molecule has 2 aromatic rings. The van der Waals surface area contributed by atoms with Gasteiger partial charge in [0.2, 0.25) is 0 Å². The fourth-order valence-electron chi connectivity index (χ4n) is 1.97. The Bertz CT molecular complexity index is 567. The van der Waals surface area contributed by atoms with Gasteiger partial charge in [-0.25, -0.2) is 0 Å². The van der Waals surface area contributed by atoms with E-state index in [9.17, 15) is 15.3 Å². The topological polar surface area (TPSA) is 79.2 Å². The van der Waals surface area contributed by atoms with Gasteiger partial charge in [0.25, 0.3) is 0 Å². The molecular formula is C16H18O5. The predicted molar refractivity (Wildman–Crippen MR) is 77.6 cm³/mol. The van der Waals surface area contributed by atoms with Crippen molar-refractivity contribution in [2.24, 2.45) is 0 Å². The molecule has 0 aliphatic carbocycles. The van der Waals surface area contributed by atoms with Crippen LogP contribution in [0, 0.1) is 0 Å². The van der Waals surface area contributed by atoms with Crippen LogP contribution in [0.1, 0.15) is 11.7 Å². The van der Waals surface area contributed by atoms with Gasteiger partial charge < -0.3 is 24.8 Å². The molecule has 0 saturated carbocycles. The standard InChI is InChI=1S/C16H18O5/c1-20-13-4-2-3-5-14(13)21-15(10-17)16(19)11-6-8-12(18)9-7-11/h2-9,15-19H,10H2,1H3/t15-,16-/m0/s1. The number of phenols is 1. The predicted octanol–water partition coefficient (Wildman–Crippen LogP) is 1.87. The first kappa shape index (κ1) is 15.2. The molecule has 0 radical (unpaired) electrons. The molecule has 0 aromatic heterocycles. The van der Waals surface area contributed by atoms with E-state index < -0.39 is 12.2 Å². The van der Waals surface area contributed by atoms with Crippen molar-refractivity contribution in [3.63, 3.8) is 0 Å². The molecule has 3 N–H and O–H groups in total. The van der Waals surface area contributed by atoms with E-state index in [0.29, 0.717) is 17.1 Å². The highest BCUT2D eigenvalue weighted by molar-refractivity contribution is 5.39. The van der Waals surface area contributed by atoms with Crippen LogP contribution in [0.25, 0.3) is 0 Å². The number of phenolic OH excluding ortho intramolecular Hbond substituents is 1. The Morgan fingerprint density at radius 1 is 1.00 bits per heavy atom. The lowest BCUT2D eigenvalue weighted by molar-refractivity contribution is -0.000420. The van der Waals surface area contributed by atoms with Crippen molar-refractivity contribution in [1.82, 2.24) is 0 Å². The van der Waals surface area contributed by atoms with Crippen LogP contribution in [-0.2, 0) is 0 Å². The lowest BCUT2D eigenvalue weighted by Gasteiger charge is -2.23. The molecule has 2 atom stereocenters. The number of methoxy groups -OCH3 is 1. The second kappa shape index (κ2) is 6.97. The van der Waals surface area contributed by atoms with Crippen LogP contribution in [0.5, 0.6) is 17.2 Å². The molecule has 0 aliphatic rings. The summed E-state index contributed by atoms with van der Waals surface area (Å²) in [6.07, 6.45) is -1.87. The van der Waals surface area contributed by atoms with Crippen LogP contribution in [0.4, 0.5) is 0 Å². The van der Waals surface area contributed by atoms with Crippen molar-refractivity contribution in [1.29, 1.82) is 0 Å². The summed E-state index contributed by atoms with van der Waals surface area (Å²) in [5.74, 6) is 1.07. The van der Waals surface area contributed by atoms with E-state index in [1.807, 2.05) is 0 Å². The summed E-state index contributed by atoms with van der Waals surface area (Å²) in [5, 5.41) is 29.0. The van der Waals surface area contributed by atoms with Crippen LogP contribution in [-0.4, -0.2) is 35.1 Å². The minimum Gasteiger partial charge on any atom is -0.508 e. The summed E-state index contributed by atoms with van der Waals surface area (Å²) in [4.78, 5) is 0. The molecule has 0 amide bonds. The summed E-state index contributed by atoms with van der Waals surface area (Å²) in [6.45, 7) is -0.361. The van der Waals surface area contributed by atoms with Crippen molar-refractivity contribution in [3.8, 4) is 17.2 Å². The zero-order valence-corrected chi connectivity index (χ0v) is 11.6. The molecule has 0 heterocycles. The number of hydrogen-bond acceptors (Lipinski definition) is 5. The number of aromatic hydroxyl groups is 1. The van der Waals surface area contributed by atoms with Gasteiger partial charge in [-0.05, 0) is 29.8 Å². The third kappa shape index (κ3) is 3.65. The van der Waals surface area contributed by atoms with Crippen molar-refractivity contribution in [3.05, 3.63) is 54.1 Å². The highest BCUT2D eigenvalue weighted by atomic mass is 16.5. The molecule has 0 spiro atoms. The molecule has 5 nitrogen and oxygen atoms in total. The Morgan fingerprint density at radius 2 is 1.62 bits per heavy atom. The summed E-state index contributed by atoms with van der Waals surface area (Å²) in [7, 11) is 1.52. The van der Waals surface area contributed by atoms with E-state index in [0.717, 1.165) is 0 Å². The van der Waals surface area contributed by atoms with E-state index >= 15 is 0 Å². The zero-order chi connectivity index (χ0) is 15.2. The number of ether oxygens (including phenoxy) is 2. The molecule has 21 heavy (non-hydrogen) atoms. The van der Waals surface area contributed by atoms with E-state index in [1.165, 1.54) is 19.2 Å². The first-order valence-electron chi connectivity index (χ1n) is 6.53. The SMILES string of the molecule is COc1ccccc1O[C@@H](CO)[C@@H](O)c1ccc(O)cc1. The van der Waals surface area contributed by atoms with Crippen LogP contribution in [0.3, 0.4) is 0 Å². The summed E-state index contributed by atoms with van der Waals surface area (Å²) in [6, 6.07) is 13.1. The number of aliphatic hydroxyl groups is 2. The molecule has 0 saturated heterocycles. The van der Waals surface area contributed by atoms with Crippen molar-refractivity contribution in [2.75, 3.05) is 13.7 Å². The van der Waals surface area contributed by atoms with Gasteiger partial charge in [-0.3, -0.25) is 0 Å². The number of benzene rings is 2. The number of aliphatic hydroxyl groups excluding tert-OH is 2. The Balaban J connectivity index is 2.17. The lowest BCUT2D eigenvalue weighted by Crippen LogP contribution is -2.29. The molecule has 0 aliphatic heterocycles. The molecule has 0 bridgehead atoms. The van der Waals surface area contributed by atoms with Crippen LogP contribution in [0.2, 0.25) is 0 Å². The normalized spacial score (nSPS) is 13.5. The van der Waals surface area contributed by atoms with Crippen LogP contribution >= 0.6 is 0 Å². The lowest BCUT2D eigenvalue weighted by atomic mass is 10.0. The van der Waals surface area contributed by atoms with Crippen molar-refractivity contribution < 1.29 is 24.8 Å². The minimum atomic E-state index is -1.03. The minimum absolute atomic E-state index is 0.108. The molecule has 2 rings (SSSR count). The van der Waals surface area contributed by atoms with Gasteiger partial charge >= 0.3 is 0 Å². The highest BCUT2D eigenvalue weighted by Crippen LogP contribution is 2.30. The zero-order valence-electron chi connectivity index (χ0n) is 11.6. The Hall–Kier alpha value is -2.24. The number of para-hydroxylation sites is 2. The van der Waals surface area contributed by atoms with E-state index in [1.54, 1.807) is 36.4 Å². The summed E-state index contributed by atoms with van der Waals surface area (Å²) < 4.78 is 10.8. The third-order valence-corrected chi connectivity index (χ3v) is 3.11. The van der Waals surface area contributed by atoms with Gasteiger partial charge in [0, 0.05) is 0 Å². The molecule has 2 aromatic carbocycles. The second-order valence-corrected chi connectivity index (χ2v) is 4.53. The third-order valence-electron chi connectivity index (χ3n) is 3.11. The maximum Gasteiger partial charge on any atom is 0.161 e. The highest BCUT2D eigenvalue weighted by Gasteiger charge is 2.23. The Labute approximate surface area is 123 Å². The quantitative estimate of drug-likeness (QED) is 0.757. The number of rotatable bonds is 6. The second-order valence-electron chi connectivity index (χ2n) is 4.53. The van der Waals surface area contributed by atoms with Gasteiger partial charge in [0.1, 0.15) is 11.9 Å². The van der Waals surface area contributed by atoms with Crippen molar-refractivity contribution >= 4 is 0 Å². The maximum atomic E-state index is 10.3. The maximum absolute atomic E-state index is 10.3. The van der Waals surface area contributed by atoms with E-state index in [2.05, 4.69) is 0 Å². The monoisotopic (exact) mass is 290 g/mol. The Morgan fingerprint density at radius 3 is 2.19 bits per heavy atom. The van der Waals surface area contributed by atoms with E-state index in [-0.39, 0.29) is 12.4 Å². The molecule has 0 unspecified atom stereocenters. The largest absolute Gasteiger partial charge is 0.508 e. The molecule has 5 heteroatoms.